The van der Waals surface area contributed by atoms with Gasteiger partial charge in [-0.1, -0.05) is 11.6 Å². The number of nitrogens with one attached hydrogen (secondary N) is 2. The summed E-state index contributed by atoms with van der Waals surface area (Å²) in [6.07, 6.45) is 5.13. The Hall–Kier alpha value is -1.81. The van der Waals surface area contributed by atoms with Crippen molar-refractivity contribution in [3.8, 4) is 0 Å². The molecule has 18 heavy (non-hydrogen) atoms. The maximum Gasteiger partial charge on any atom is 0.129 e. The number of fused-ring (bicyclic) bond motifs is 1. The molecular weight excluding hydrogens is 248 g/mol. The van der Waals surface area contributed by atoms with Gasteiger partial charge in [-0.15, -0.1) is 0 Å². The van der Waals surface area contributed by atoms with Crippen LogP contribution in [0.25, 0.3) is 6.08 Å². The van der Waals surface area contributed by atoms with Crippen LogP contribution in [-0.4, -0.2) is 31.8 Å². The third-order valence-electron chi connectivity index (χ3n) is 2.82. The summed E-state index contributed by atoms with van der Waals surface area (Å²) in [4.78, 5) is 6.41. The zero-order valence-electron chi connectivity index (χ0n) is 10.4. The lowest BCUT2D eigenvalue weighted by molar-refractivity contribution is 0.965. The number of hydrogen-bond acceptors (Lipinski definition) is 4. The largest absolute Gasteiger partial charge is 0.393 e. The zero-order valence-corrected chi connectivity index (χ0v) is 11.1. The number of likely N-dealkylation sites (N-methyl/N-ethyl adjacent to an activating group) is 1. The van der Waals surface area contributed by atoms with E-state index in [4.69, 9.17) is 17.0 Å². The monoisotopic (exact) mass is 262 g/mol. The van der Waals surface area contributed by atoms with Crippen molar-refractivity contribution in [2.75, 3.05) is 25.5 Å². The average molecular weight is 263 g/mol. The predicted octanol–water partition coefficient (Wildman–Crippen LogP) is 2.32. The molecule has 0 aromatic carbocycles. The number of aromatic nitrogens is 1. The molecule has 0 saturated carbocycles. The molecule has 1 aliphatic heterocycles. The fourth-order valence-corrected chi connectivity index (χ4v) is 2.13. The first-order valence-corrected chi connectivity index (χ1v) is 6.00. The van der Waals surface area contributed by atoms with E-state index in [0.29, 0.717) is 5.15 Å². The van der Waals surface area contributed by atoms with Gasteiger partial charge in [-0.2, -0.15) is 0 Å². The van der Waals surface area contributed by atoms with E-state index in [1.54, 1.807) is 6.07 Å². The van der Waals surface area contributed by atoms with Gasteiger partial charge in [0.25, 0.3) is 0 Å². The molecule has 0 fully saturated rings. The molecule has 0 bridgehead atoms. The van der Waals surface area contributed by atoms with Crippen molar-refractivity contribution < 1.29 is 0 Å². The summed E-state index contributed by atoms with van der Waals surface area (Å²) >= 11 is 5.92. The maximum absolute atomic E-state index is 7.45. The number of rotatable bonds is 3. The summed E-state index contributed by atoms with van der Waals surface area (Å²) in [6, 6.07) is 3.75. The van der Waals surface area contributed by atoms with Crippen LogP contribution in [0, 0.1) is 5.41 Å². The second-order valence-corrected chi connectivity index (χ2v) is 4.48. The first-order chi connectivity index (χ1) is 8.65. The van der Waals surface area contributed by atoms with Gasteiger partial charge in [0, 0.05) is 38.6 Å². The van der Waals surface area contributed by atoms with Gasteiger partial charge in [-0.05, 0) is 23.8 Å². The van der Waals surface area contributed by atoms with Gasteiger partial charge in [-0.25, -0.2) is 4.98 Å². The highest BCUT2D eigenvalue weighted by atomic mass is 35.5. The normalized spacial score (nSPS) is 14.9. The summed E-state index contributed by atoms with van der Waals surface area (Å²) in [7, 11) is 3.82. The zero-order chi connectivity index (χ0) is 13.1. The lowest BCUT2D eigenvalue weighted by atomic mass is 10.0. The molecule has 1 aliphatic rings. The Morgan fingerprint density at radius 2 is 2.33 bits per heavy atom. The van der Waals surface area contributed by atoms with Crippen LogP contribution in [0.4, 0.5) is 5.69 Å². The Balaban J connectivity index is 2.47. The maximum atomic E-state index is 7.45. The van der Waals surface area contributed by atoms with Crippen molar-refractivity contribution >= 4 is 29.6 Å². The number of halogens is 1. The first-order valence-electron chi connectivity index (χ1n) is 5.62. The van der Waals surface area contributed by atoms with Crippen molar-refractivity contribution in [3.63, 3.8) is 0 Å². The van der Waals surface area contributed by atoms with Gasteiger partial charge in [0.05, 0.1) is 11.4 Å². The molecular formula is C13H15ClN4. The van der Waals surface area contributed by atoms with Crippen LogP contribution in [0.3, 0.4) is 0 Å². The van der Waals surface area contributed by atoms with E-state index in [9.17, 15) is 0 Å². The molecule has 4 nitrogen and oxygen atoms in total. The highest BCUT2D eigenvalue weighted by molar-refractivity contribution is 6.29. The van der Waals surface area contributed by atoms with E-state index >= 15 is 0 Å². The van der Waals surface area contributed by atoms with Gasteiger partial charge in [-0.3, -0.25) is 0 Å². The molecule has 94 valence electrons. The van der Waals surface area contributed by atoms with E-state index in [1.807, 2.05) is 32.4 Å². The first kappa shape index (κ1) is 12.6. The Kier molecular flexibility index (Phi) is 3.67. The summed E-state index contributed by atoms with van der Waals surface area (Å²) < 4.78 is 0. The molecule has 2 N–H and O–H groups in total. The number of nitrogens with zero attached hydrogens (tertiary/aromatic N) is 2. The molecule has 0 saturated heterocycles. The van der Waals surface area contributed by atoms with Crippen molar-refractivity contribution in [2.24, 2.45) is 0 Å². The minimum Gasteiger partial charge on any atom is -0.393 e. The fourth-order valence-electron chi connectivity index (χ4n) is 1.98. The van der Waals surface area contributed by atoms with Crippen LogP contribution in [0.2, 0.25) is 5.15 Å². The minimum absolute atomic E-state index is 0.480. The lowest BCUT2D eigenvalue weighted by Gasteiger charge is -2.27. The SMILES string of the molecule is CN/C=C(\C=N)C1=Cc2nc(Cl)ccc2N(C)C1. The van der Waals surface area contributed by atoms with Crippen LogP contribution in [0.5, 0.6) is 0 Å². The van der Waals surface area contributed by atoms with Gasteiger partial charge in [0.1, 0.15) is 5.15 Å². The van der Waals surface area contributed by atoms with Gasteiger partial charge in [0.2, 0.25) is 0 Å². The molecule has 5 heteroatoms. The average Bonchev–Trinajstić information content (AvgIpc) is 2.35. The number of pyridine rings is 1. The van der Waals surface area contributed by atoms with Gasteiger partial charge < -0.3 is 15.6 Å². The van der Waals surface area contributed by atoms with Gasteiger partial charge >= 0.3 is 0 Å². The quantitative estimate of drug-likeness (QED) is 0.649. The summed E-state index contributed by atoms with van der Waals surface area (Å²) in [5.74, 6) is 0. The molecule has 0 spiro atoms. The Morgan fingerprint density at radius 3 is 3.00 bits per heavy atom. The van der Waals surface area contributed by atoms with E-state index in [0.717, 1.165) is 29.1 Å². The molecule has 0 radical (unpaired) electrons. The van der Waals surface area contributed by atoms with E-state index in [-0.39, 0.29) is 0 Å². The van der Waals surface area contributed by atoms with Crippen LogP contribution in [0.1, 0.15) is 5.69 Å². The third kappa shape index (κ3) is 2.38. The second kappa shape index (κ2) is 5.23. The standard InChI is InChI=1S/C13H15ClN4/c1-16-7-10(6-15)9-5-11-12(18(2)8-9)3-4-13(14)17-11/h3-7,15-16H,8H2,1-2H3/b10-7+,15-6?. The van der Waals surface area contributed by atoms with Crippen LogP contribution < -0.4 is 10.2 Å². The summed E-state index contributed by atoms with van der Waals surface area (Å²) in [5.41, 5.74) is 3.79. The molecule has 0 unspecified atom stereocenters. The second-order valence-electron chi connectivity index (χ2n) is 4.10. The molecule has 1 aromatic heterocycles. The molecule has 1 aromatic rings. The van der Waals surface area contributed by atoms with Crippen LogP contribution >= 0.6 is 11.6 Å². The number of anilines is 1. The summed E-state index contributed by atoms with van der Waals surface area (Å²) in [5, 5.41) is 10.9. The van der Waals surface area contributed by atoms with Crippen molar-refractivity contribution in [1.82, 2.24) is 10.3 Å². The third-order valence-corrected chi connectivity index (χ3v) is 3.03. The molecule has 0 atom stereocenters. The molecule has 2 rings (SSSR count). The topological polar surface area (TPSA) is 52.0 Å². The Bertz CT molecular complexity index is 534. The smallest absolute Gasteiger partial charge is 0.129 e. The summed E-state index contributed by atoms with van der Waals surface area (Å²) in [6.45, 7) is 0.749. The number of hydrogen-bond donors (Lipinski definition) is 2. The van der Waals surface area contributed by atoms with Crippen LogP contribution in [-0.2, 0) is 0 Å². The Labute approximate surface area is 111 Å². The minimum atomic E-state index is 0.480. The Morgan fingerprint density at radius 1 is 1.56 bits per heavy atom. The van der Waals surface area contributed by atoms with E-state index in [1.165, 1.54) is 6.21 Å². The highest BCUT2D eigenvalue weighted by Crippen LogP contribution is 2.29. The molecule has 2 heterocycles. The van der Waals surface area contributed by atoms with E-state index in [2.05, 4.69) is 15.2 Å². The fraction of sp³-hybridized carbons (Fsp3) is 0.231. The lowest BCUT2D eigenvalue weighted by Crippen LogP contribution is -2.25. The highest BCUT2D eigenvalue weighted by Gasteiger charge is 2.17. The van der Waals surface area contributed by atoms with Crippen molar-refractivity contribution in [3.05, 3.63) is 40.3 Å². The van der Waals surface area contributed by atoms with E-state index < -0.39 is 0 Å². The molecule has 0 aliphatic carbocycles. The predicted molar refractivity (Wildman–Crippen MR) is 76.4 cm³/mol. The van der Waals surface area contributed by atoms with Crippen molar-refractivity contribution in [1.29, 1.82) is 5.41 Å². The van der Waals surface area contributed by atoms with Crippen molar-refractivity contribution in [2.45, 2.75) is 0 Å². The van der Waals surface area contributed by atoms with Gasteiger partial charge in [0.15, 0.2) is 0 Å². The molecule has 0 amide bonds. The van der Waals surface area contributed by atoms with Crippen LogP contribution in [0.15, 0.2) is 29.5 Å².